The van der Waals surface area contributed by atoms with Gasteiger partial charge in [-0.15, -0.1) is 0 Å². The van der Waals surface area contributed by atoms with Gasteiger partial charge in [-0.05, 0) is 25.7 Å². The molecule has 0 aromatic heterocycles. The predicted molar refractivity (Wildman–Crippen MR) is 69.7 cm³/mol. The number of rotatable bonds is 1. The third-order valence-electron chi connectivity index (χ3n) is 4.80. The Morgan fingerprint density at radius 3 is 3.16 bits per heavy atom. The molecule has 1 saturated carbocycles. The Bertz CT molecular complexity index is 485. The van der Waals surface area contributed by atoms with E-state index in [1.165, 1.54) is 25.0 Å². The topological polar surface area (TPSA) is 58.8 Å². The first-order valence-corrected chi connectivity index (χ1v) is 7.08. The van der Waals surface area contributed by atoms with Crippen molar-refractivity contribution in [2.45, 2.75) is 44.1 Å². The molecule has 3 aliphatic heterocycles. The summed E-state index contributed by atoms with van der Waals surface area (Å²) >= 11 is 0. The van der Waals surface area contributed by atoms with E-state index in [-0.39, 0.29) is 12.1 Å². The van der Waals surface area contributed by atoms with Crippen molar-refractivity contribution in [3.8, 4) is 0 Å². The summed E-state index contributed by atoms with van der Waals surface area (Å²) in [6.07, 6.45) is 8.97. The summed E-state index contributed by atoms with van der Waals surface area (Å²) in [5.41, 5.74) is 7.35. The van der Waals surface area contributed by atoms with Gasteiger partial charge < -0.3 is 15.4 Å². The molecule has 1 aliphatic carbocycles. The maximum absolute atomic E-state index is 11.3. The molecular formula is C14H19N3O2. The van der Waals surface area contributed by atoms with Gasteiger partial charge in [-0.2, -0.15) is 0 Å². The third-order valence-corrected chi connectivity index (χ3v) is 4.80. The van der Waals surface area contributed by atoms with Crippen LogP contribution in [-0.4, -0.2) is 47.2 Å². The lowest BCUT2D eigenvalue weighted by Gasteiger charge is -2.48. The SMILES string of the molecule is NC(=O)C1=CN2CC3OC4CCC(C4)N3CC2=CC1. The number of nitrogens with zero attached hydrogens (tertiary/aromatic N) is 2. The molecule has 4 aliphatic rings. The van der Waals surface area contributed by atoms with Crippen molar-refractivity contribution in [1.29, 1.82) is 0 Å². The van der Waals surface area contributed by atoms with E-state index in [0.717, 1.165) is 13.1 Å². The van der Waals surface area contributed by atoms with Crippen LogP contribution in [0.4, 0.5) is 0 Å². The fourth-order valence-corrected chi connectivity index (χ4v) is 3.77. The maximum Gasteiger partial charge on any atom is 0.246 e. The molecule has 2 N–H and O–H groups in total. The smallest absolute Gasteiger partial charge is 0.246 e. The molecule has 3 heterocycles. The first-order valence-electron chi connectivity index (χ1n) is 7.08. The highest BCUT2D eigenvalue weighted by Gasteiger charge is 2.44. The van der Waals surface area contributed by atoms with Gasteiger partial charge in [0.25, 0.3) is 0 Å². The third kappa shape index (κ3) is 1.80. The number of primary amides is 1. The number of ether oxygens (including phenoxy) is 1. The number of carbonyl (C=O) groups is 1. The molecule has 3 unspecified atom stereocenters. The number of piperazine rings is 1. The van der Waals surface area contributed by atoms with Crippen LogP contribution in [0.5, 0.6) is 0 Å². The molecular weight excluding hydrogens is 242 g/mol. The number of hydrogen-bond donors (Lipinski definition) is 1. The van der Waals surface area contributed by atoms with Gasteiger partial charge in [0.05, 0.1) is 12.6 Å². The molecule has 2 saturated heterocycles. The minimum absolute atomic E-state index is 0.173. The second kappa shape index (κ2) is 4.08. The molecule has 0 aromatic rings. The summed E-state index contributed by atoms with van der Waals surface area (Å²) < 4.78 is 6.14. The Kier molecular flexibility index (Phi) is 2.47. The van der Waals surface area contributed by atoms with Gasteiger partial charge >= 0.3 is 0 Å². The predicted octanol–water partition coefficient (Wildman–Crippen LogP) is 0.538. The van der Waals surface area contributed by atoms with E-state index < -0.39 is 0 Å². The van der Waals surface area contributed by atoms with Crippen molar-refractivity contribution in [1.82, 2.24) is 9.80 Å². The number of amides is 1. The van der Waals surface area contributed by atoms with Gasteiger partial charge in [0.1, 0.15) is 6.23 Å². The van der Waals surface area contributed by atoms with Crippen molar-refractivity contribution >= 4 is 5.91 Å². The van der Waals surface area contributed by atoms with Gasteiger partial charge in [-0.3, -0.25) is 9.69 Å². The van der Waals surface area contributed by atoms with Crippen LogP contribution >= 0.6 is 0 Å². The molecule has 0 spiro atoms. The Labute approximate surface area is 112 Å². The highest BCUT2D eigenvalue weighted by molar-refractivity contribution is 5.92. The average molecular weight is 261 g/mol. The van der Waals surface area contributed by atoms with Crippen LogP contribution in [0.1, 0.15) is 25.7 Å². The monoisotopic (exact) mass is 261 g/mol. The number of hydrogen-bond acceptors (Lipinski definition) is 4. The number of allylic oxidation sites excluding steroid dienone is 1. The summed E-state index contributed by atoms with van der Waals surface area (Å²) in [6.45, 7) is 1.75. The molecule has 5 heteroatoms. The highest BCUT2D eigenvalue weighted by atomic mass is 16.5. The van der Waals surface area contributed by atoms with E-state index in [4.69, 9.17) is 10.5 Å². The van der Waals surface area contributed by atoms with Crippen molar-refractivity contribution in [3.05, 3.63) is 23.5 Å². The second-order valence-corrected chi connectivity index (χ2v) is 5.92. The molecule has 0 radical (unpaired) electrons. The van der Waals surface area contributed by atoms with Crippen LogP contribution in [-0.2, 0) is 9.53 Å². The van der Waals surface area contributed by atoms with Gasteiger partial charge in [0, 0.05) is 30.1 Å². The van der Waals surface area contributed by atoms with Crippen LogP contribution in [0.25, 0.3) is 0 Å². The summed E-state index contributed by atoms with van der Waals surface area (Å²) in [7, 11) is 0. The molecule has 3 fully saturated rings. The molecule has 102 valence electrons. The standard InChI is InChI=1S/C14H19N3O2/c15-14(18)9-1-2-11-7-17-10-3-4-12(5-10)19-13(17)8-16(11)6-9/h2,6,10,12-13H,1,3-5,7-8H2,(H2,15,18). The van der Waals surface area contributed by atoms with Crippen LogP contribution in [0, 0.1) is 0 Å². The summed E-state index contributed by atoms with van der Waals surface area (Å²) in [4.78, 5) is 15.9. The molecule has 0 aromatic carbocycles. The van der Waals surface area contributed by atoms with E-state index >= 15 is 0 Å². The van der Waals surface area contributed by atoms with Gasteiger partial charge in [-0.25, -0.2) is 0 Å². The van der Waals surface area contributed by atoms with Gasteiger partial charge in [0.2, 0.25) is 5.91 Å². The van der Waals surface area contributed by atoms with E-state index in [0.29, 0.717) is 24.1 Å². The molecule has 4 rings (SSSR count). The minimum Gasteiger partial charge on any atom is -0.366 e. The van der Waals surface area contributed by atoms with Crippen molar-refractivity contribution in [2.75, 3.05) is 13.1 Å². The molecule has 5 nitrogen and oxygen atoms in total. The molecule has 3 atom stereocenters. The molecule has 2 bridgehead atoms. The number of fused-ring (bicyclic) bond motifs is 5. The molecule has 1 amide bonds. The van der Waals surface area contributed by atoms with Crippen LogP contribution in [0.15, 0.2) is 23.5 Å². The van der Waals surface area contributed by atoms with E-state index in [2.05, 4.69) is 15.9 Å². The highest BCUT2D eigenvalue weighted by Crippen LogP contribution is 2.38. The van der Waals surface area contributed by atoms with Gasteiger partial charge in [0.15, 0.2) is 0 Å². The fraction of sp³-hybridized carbons (Fsp3) is 0.643. The van der Waals surface area contributed by atoms with Crippen LogP contribution in [0.3, 0.4) is 0 Å². The van der Waals surface area contributed by atoms with Crippen molar-refractivity contribution < 1.29 is 9.53 Å². The Balaban J connectivity index is 1.58. The minimum atomic E-state index is -0.317. The lowest BCUT2D eigenvalue weighted by Crippen LogP contribution is -2.58. The zero-order valence-electron chi connectivity index (χ0n) is 10.9. The lowest BCUT2D eigenvalue weighted by atomic mass is 10.0. The summed E-state index contributed by atoms with van der Waals surface area (Å²) in [5, 5.41) is 0. The Morgan fingerprint density at radius 1 is 1.42 bits per heavy atom. The first-order chi connectivity index (χ1) is 9.20. The fourth-order valence-electron chi connectivity index (χ4n) is 3.77. The quantitative estimate of drug-likeness (QED) is 0.748. The van der Waals surface area contributed by atoms with Crippen molar-refractivity contribution in [2.24, 2.45) is 5.73 Å². The largest absolute Gasteiger partial charge is 0.366 e. The maximum atomic E-state index is 11.3. The summed E-state index contributed by atoms with van der Waals surface area (Å²) in [6, 6.07) is 0.688. The van der Waals surface area contributed by atoms with E-state index in [1.54, 1.807) is 0 Å². The van der Waals surface area contributed by atoms with Crippen molar-refractivity contribution in [3.63, 3.8) is 0 Å². The zero-order chi connectivity index (χ0) is 13.0. The van der Waals surface area contributed by atoms with E-state index in [1.807, 2.05) is 6.20 Å². The Hall–Kier alpha value is -1.33. The van der Waals surface area contributed by atoms with E-state index in [9.17, 15) is 4.79 Å². The lowest BCUT2D eigenvalue weighted by molar-refractivity contribution is -0.153. The zero-order valence-corrected chi connectivity index (χ0v) is 10.9. The second-order valence-electron chi connectivity index (χ2n) is 5.92. The number of nitrogens with two attached hydrogens (primary N) is 1. The average Bonchev–Trinajstić information content (AvgIpc) is 2.79. The van der Waals surface area contributed by atoms with Crippen LogP contribution < -0.4 is 5.73 Å². The Morgan fingerprint density at radius 2 is 2.32 bits per heavy atom. The van der Waals surface area contributed by atoms with Gasteiger partial charge in [-0.1, -0.05) is 6.08 Å². The normalized spacial score (nSPS) is 37.3. The molecule has 19 heavy (non-hydrogen) atoms. The van der Waals surface area contributed by atoms with Crippen LogP contribution in [0.2, 0.25) is 0 Å². The first kappa shape index (κ1) is 11.5. The number of carbonyl (C=O) groups excluding carboxylic acids is 1. The summed E-state index contributed by atoms with van der Waals surface area (Å²) in [5.74, 6) is -0.317.